The number of aromatic nitrogens is 1. The van der Waals surface area contributed by atoms with Gasteiger partial charge in [0.25, 0.3) is 0 Å². The van der Waals surface area contributed by atoms with E-state index in [1.807, 2.05) is 24.3 Å². The molecule has 2 aromatic rings. The molecule has 1 heterocycles. The van der Waals surface area contributed by atoms with Gasteiger partial charge in [-0.05, 0) is 18.6 Å². The van der Waals surface area contributed by atoms with Gasteiger partial charge in [0, 0.05) is 5.56 Å². The molecule has 2 nitrogen and oxygen atoms in total. The molecule has 15 heavy (non-hydrogen) atoms. The lowest BCUT2D eigenvalue weighted by atomic mass is 10.1. The topological polar surface area (TPSA) is 26.0 Å². The Bertz CT molecular complexity index is 453. The number of rotatable bonds is 2. The van der Waals surface area contributed by atoms with Crippen molar-refractivity contribution < 1.29 is 8.81 Å². The van der Waals surface area contributed by atoms with Gasteiger partial charge in [-0.3, -0.25) is 0 Å². The summed E-state index contributed by atoms with van der Waals surface area (Å²) in [4.78, 5) is 3.83. The lowest BCUT2D eigenvalue weighted by Crippen LogP contribution is -1.76. The maximum atomic E-state index is 12.6. The zero-order chi connectivity index (χ0) is 10.7. The van der Waals surface area contributed by atoms with Crippen LogP contribution >= 0.6 is 0 Å². The van der Waals surface area contributed by atoms with Gasteiger partial charge in [-0.2, -0.15) is 0 Å². The van der Waals surface area contributed by atoms with Crippen molar-refractivity contribution in [2.45, 2.75) is 6.92 Å². The van der Waals surface area contributed by atoms with Crippen LogP contribution in [0.5, 0.6) is 0 Å². The Kier molecular flexibility index (Phi) is 2.63. The van der Waals surface area contributed by atoms with Gasteiger partial charge in [0.15, 0.2) is 12.2 Å². The molecule has 0 bridgehead atoms. The predicted octanol–water partition coefficient (Wildman–Crippen LogP) is 3.67. The molecule has 0 saturated carbocycles. The summed E-state index contributed by atoms with van der Waals surface area (Å²) in [5.74, 6) is 0.505. The average Bonchev–Trinajstić information content (AvgIpc) is 2.71. The Hall–Kier alpha value is -1.90. The Morgan fingerprint density at radius 1 is 1.33 bits per heavy atom. The van der Waals surface area contributed by atoms with Gasteiger partial charge in [0.2, 0.25) is 0 Å². The van der Waals surface area contributed by atoms with E-state index >= 15 is 0 Å². The third-order valence-corrected chi connectivity index (χ3v) is 1.99. The molecule has 0 aliphatic carbocycles. The van der Waals surface area contributed by atoms with Crippen LogP contribution in [0.3, 0.4) is 0 Å². The summed E-state index contributed by atoms with van der Waals surface area (Å²) in [5, 5.41) is 0. The van der Waals surface area contributed by atoms with E-state index in [2.05, 4.69) is 4.98 Å². The molecule has 0 N–H and O–H groups in total. The zero-order valence-corrected chi connectivity index (χ0v) is 8.27. The Morgan fingerprint density at radius 3 is 2.60 bits per heavy atom. The number of benzene rings is 1. The summed E-state index contributed by atoms with van der Waals surface area (Å²) in [6.07, 6.45) is 4.50. The van der Waals surface area contributed by atoms with Crippen LogP contribution in [0.25, 0.3) is 17.4 Å². The second kappa shape index (κ2) is 4.09. The van der Waals surface area contributed by atoms with Gasteiger partial charge in [-0.25, -0.2) is 9.37 Å². The molecule has 0 radical (unpaired) electrons. The SMILES string of the molecule is C/C(F)=C/c1ccc(-c2cnco2)cc1. The van der Waals surface area contributed by atoms with Crippen LogP contribution in [-0.2, 0) is 0 Å². The fourth-order valence-corrected chi connectivity index (χ4v) is 1.33. The van der Waals surface area contributed by atoms with Crippen molar-refractivity contribution >= 4 is 6.08 Å². The Labute approximate surface area is 87.1 Å². The minimum Gasteiger partial charge on any atom is -0.444 e. The van der Waals surface area contributed by atoms with Crippen LogP contribution in [-0.4, -0.2) is 4.98 Å². The fourth-order valence-electron chi connectivity index (χ4n) is 1.33. The van der Waals surface area contributed by atoms with Gasteiger partial charge < -0.3 is 4.42 Å². The Balaban J connectivity index is 2.29. The number of hydrogen-bond acceptors (Lipinski definition) is 2. The number of halogens is 1. The largest absolute Gasteiger partial charge is 0.444 e. The van der Waals surface area contributed by atoms with Crippen molar-refractivity contribution in [1.29, 1.82) is 0 Å². The molecule has 2 rings (SSSR count). The molecule has 0 saturated heterocycles. The van der Waals surface area contributed by atoms with Crippen LogP contribution < -0.4 is 0 Å². The van der Waals surface area contributed by atoms with Gasteiger partial charge in [-0.1, -0.05) is 24.3 Å². The number of allylic oxidation sites excluding steroid dienone is 1. The van der Waals surface area contributed by atoms with E-state index in [-0.39, 0.29) is 5.83 Å². The van der Waals surface area contributed by atoms with Gasteiger partial charge in [0.05, 0.1) is 12.0 Å². The standard InChI is InChI=1S/C12H10FNO/c1-9(13)6-10-2-4-11(5-3-10)12-7-14-8-15-12/h2-8H,1H3/b9-6-. The second-order valence-corrected chi connectivity index (χ2v) is 3.22. The summed E-state index contributed by atoms with van der Waals surface area (Å²) >= 11 is 0. The molecular weight excluding hydrogens is 193 g/mol. The van der Waals surface area contributed by atoms with Crippen molar-refractivity contribution in [3.63, 3.8) is 0 Å². The second-order valence-electron chi connectivity index (χ2n) is 3.22. The molecule has 0 aliphatic heterocycles. The summed E-state index contributed by atoms with van der Waals surface area (Å²) in [7, 11) is 0. The van der Waals surface area contributed by atoms with E-state index in [0.29, 0.717) is 5.76 Å². The zero-order valence-electron chi connectivity index (χ0n) is 8.27. The highest BCUT2D eigenvalue weighted by molar-refractivity contribution is 5.60. The maximum Gasteiger partial charge on any atom is 0.181 e. The van der Waals surface area contributed by atoms with E-state index in [9.17, 15) is 4.39 Å². The van der Waals surface area contributed by atoms with Crippen LogP contribution in [0.2, 0.25) is 0 Å². The van der Waals surface area contributed by atoms with E-state index in [4.69, 9.17) is 4.42 Å². The predicted molar refractivity (Wildman–Crippen MR) is 56.7 cm³/mol. The average molecular weight is 203 g/mol. The summed E-state index contributed by atoms with van der Waals surface area (Å²) < 4.78 is 17.7. The smallest absolute Gasteiger partial charge is 0.181 e. The molecule has 3 heteroatoms. The first kappa shape index (κ1) is 9.65. The highest BCUT2D eigenvalue weighted by Crippen LogP contribution is 2.19. The normalized spacial score (nSPS) is 11.7. The molecular formula is C12H10FNO. The Morgan fingerprint density at radius 2 is 2.07 bits per heavy atom. The number of hydrogen-bond donors (Lipinski definition) is 0. The van der Waals surface area contributed by atoms with Gasteiger partial charge in [0.1, 0.15) is 0 Å². The summed E-state index contributed by atoms with van der Waals surface area (Å²) in [6.45, 7) is 1.42. The first-order valence-electron chi connectivity index (χ1n) is 4.58. The molecule has 1 aromatic carbocycles. The molecule has 0 spiro atoms. The monoisotopic (exact) mass is 203 g/mol. The minimum absolute atomic E-state index is 0.206. The molecule has 0 amide bonds. The lowest BCUT2D eigenvalue weighted by molar-refractivity contribution is 0.572. The highest BCUT2D eigenvalue weighted by atomic mass is 19.1. The molecule has 0 fully saturated rings. The van der Waals surface area contributed by atoms with Crippen molar-refractivity contribution in [3.05, 3.63) is 48.2 Å². The van der Waals surface area contributed by atoms with Crippen LogP contribution in [0.1, 0.15) is 12.5 Å². The molecule has 1 aromatic heterocycles. The van der Waals surface area contributed by atoms with E-state index in [0.717, 1.165) is 11.1 Å². The molecule has 0 atom stereocenters. The third kappa shape index (κ3) is 2.31. The highest BCUT2D eigenvalue weighted by Gasteiger charge is 2.00. The first-order valence-corrected chi connectivity index (χ1v) is 4.58. The van der Waals surface area contributed by atoms with Crippen molar-refractivity contribution in [1.82, 2.24) is 4.98 Å². The summed E-state index contributed by atoms with van der Waals surface area (Å²) in [6, 6.07) is 7.41. The number of oxazole rings is 1. The van der Waals surface area contributed by atoms with Crippen molar-refractivity contribution in [3.8, 4) is 11.3 Å². The van der Waals surface area contributed by atoms with Crippen molar-refractivity contribution in [2.24, 2.45) is 0 Å². The molecule has 0 aliphatic rings. The number of nitrogens with zero attached hydrogens (tertiary/aromatic N) is 1. The van der Waals surface area contributed by atoms with Gasteiger partial charge >= 0.3 is 0 Å². The summed E-state index contributed by atoms with van der Waals surface area (Å²) in [5.41, 5.74) is 1.76. The minimum atomic E-state index is -0.206. The van der Waals surface area contributed by atoms with E-state index < -0.39 is 0 Å². The fraction of sp³-hybridized carbons (Fsp3) is 0.0833. The first-order chi connectivity index (χ1) is 7.25. The molecule has 0 unspecified atom stereocenters. The van der Waals surface area contributed by atoms with E-state index in [1.165, 1.54) is 19.4 Å². The maximum absolute atomic E-state index is 12.6. The van der Waals surface area contributed by atoms with Crippen LogP contribution in [0.4, 0.5) is 4.39 Å². The third-order valence-electron chi connectivity index (χ3n) is 1.99. The lowest BCUT2D eigenvalue weighted by Gasteiger charge is -1.97. The quantitative estimate of drug-likeness (QED) is 0.744. The molecule has 76 valence electrons. The van der Waals surface area contributed by atoms with Crippen LogP contribution in [0.15, 0.2) is 47.1 Å². The van der Waals surface area contributed by atoms with Crippen LogP contribution in [0, 0.1) is 0 Å². The van der Waals surface area contributed by atoms with Crippen molar-refractivity contribution in [2.75, 3.05) is 0 Å². The van der Waals surface area contributed by atoms with Gasteiger partial charge in [-0.15, -0.1) is 0 Å². The van der Waals surface area contributed by atoms with E-state index in [1.54, 1.807) is 6.20 Å².